The summed E-state index contributed by atoms with van der Waals surface area (Å²) in [5.74, 6) is 1.33. The molecule has 10 heteroatoms. The average molecular weight is 549 g/mol. The molecule has 2 fully saturated rings. The number of ether oxygens (including phenoxy) is 1. The molecule has 1 unspecified atom stereocenters. The first-order chi connectivity index (χ1) is 19.4. The number of carbonyl (C=O) groups excluding carboxylic acids is 2. The van der Waals surface area contributed by atoms with Crippen molar-refractivity contribution < 1.29 is 19.4 Å². The second-order valence-corrected chi connectivity index (χ2v) is 11.1. The molecule has 2 saturated carbocycles. The van der Waals surface area contributed by atoms with Crippen molar-refractivity contribution in [3.05, 3.63) is 42.6 Å². The van der Waals surface area contributed by atoms with Crippen LogP contribution >= 0.6 is 0 Å². The molecule has 5 rings (SSSR count). The van der Waals surface area contributed by atoms with Crippen molar-refractivity contribution in [2.45, 2.75) is 76.0 Å². The van der Waals surface area contributed by atoms with Gasteiger partial charge in [0.2, 0.25) is 11.9 Å². The fraction of sp³-hybridized carbons (Fsp3) is 0.533. The molecule has 2 amide bonds. The molecule has 2 aliphatic carbocycles. The predicted octanol–water partition coefficient (Wildman–Crippen LogP) is 4.18. The minimum atomic E-state index is -0.270. The number of rotatable bonds is 8. The summed E-state index contributed by atoms with van der Waals surface area (Å²) in [5, 5.41) is 16.1. The van der Waals surface area contributed by atoms with Crippen LogP contribution in [-0.2, 0) is 4.79 Å². The molecule has 214 valence electrons. The van der Waals surface area contributed by atoms with E-state index in [1.165, 1.54) is 12.8 Å². The normalized spacial score (nSPS) is 23.4. The summed E-state index contributed by atoms with van der Waals surface area (Å²) in [5.41, 5.74) is 1.83. The number of aliphatic hydroxyl groups excluding tert-OH is 1. The van der Waals surface area contributed by atoms with Crippen LogP contribution in [0.4, 0.5) is 23.1 Å². The highest BCUT2D eigenvalue weighted by molar-refractivity contribution is 5.99. The lowest BCUT2D eigenvalue weighted by molar-refractivity contribution is -0.121. The van der Waals surface area contributed by atoms with Crippen molar-refractivity contribution in [1.29, 1.82) is 0 Å². The molecule has 0 radical (unpaired) electrons. The second kappa shape index (κ2) is 12.2. The molecular weight excluding hydrogens is 508 g/mol. The zero-order valence-corrected chi connectivity index (χ0v) is 23.4. The third-order valence-corrected chi connectivity index (χ3v) is 8.44. The number of methoxy groups -OCH3 is 1. The van der Waals surface area contributed by atoms with Crippen molar-refractivity contribution in [3.8, 4) is 5.75 Å². The van der Waals surface area contributed by atoms with Gasteiger partial charge in [-0.2, -0.15) is 4.98 Å². The van der Waals surface area contributed by atoms with Gasteiger partial charge in [-0.05, 0) is 63.1 Å². The van der Waals surface area contributed by atoms with Crippen LogP contribution in [-0.4, -0.2) is 65.8 Å². The Hall–Kier alpha value is -3.66. The molecule has 2 heterocycles. The standard InChI is InChI=1S/C30H40N6O4/c1-4-7-20-18-36(22-8-5-6-9-22)27-25(35(2)29(20)39)17-31-30(34-27)33-24-15-10-19(16-26(24)40-3)28(38)32-21-11-13-23(37)14-12-21/h4,10,15-17,20-23,37H,1,5-9,11-14,18H2,2-3H3,(H,32,38)(H,31,33,34). The average Bonchev–Trinajstić information content (AvgIpc) is 3.48. The summed E-state index contributed by atoms with van der Waals surface area (Å²) in [6, 6.07) is 5.63. The van der Waals surface area contributed by atoms with E-state index >= 15 is 0 Å². The van der Waals surface area contributed by atoms with Gasteiger partial charge >= 0.3 is 0 Å². The zero-order valence-electron chi connectivity index (χ0n) is 23.4. The van der Waals surface area contributed by atoms with Crippen molar-refractivity contribution in [3.63, 3.8) is 0 Å². The van der Waals surface area contributed by atoms with Crippen molar-refractivity contribution in [2.75, 3.05) is 35.8 Å². The topological polar surface area (TPSA) is 120 Å². The number of carbonyl (C=O) groups is 2. The first kappa shape index (κ1) is 27.9. The molecule has 0 saturated heterocycles. The van der Waals surface area contributed by atoms with E-state index in [9.17, 15) is 14.7 Å². The molecule has 3 N–H and O–H groups in total. The molecule has 1 atom stereocenters. The van der Waals surface area contributed by atoms with Gasteiger partial charge in [-0.1, -0.05) is 18.9 Å². The summed E-state index contributed by atoms with van der Waals surface area (Å²) >= 11 is 0. The molecule has 40 heavy (non-hydrogen) atoms. The number of aliphatic hydroxyl groups is 1. The van der Waals surface area contributed by atoms with Gasteiger partial charge in [0, 0.05) is 31.2 Å². The first-order valence-electron chi connectivity index (χ1n) is 14.3. The van der Waals surface area contributed by atoms with Crippen LogP contribution in [0.15, 0.2) is 37.1 Å². The maximum Gasteiger partial charge on any atom is 0.251 e. The van der Waals surface area contributed by atoms with Crippen LogP contribution in [0.5, 0.6) is 5.75 Å². The summed E-state index contributed by atoms with van der Waals surface area (Å²) in [6.45, 7) is 4.46. The van der Waals surface area contributed by atoms with E-state index in [4.69, 9.17) is 9.72 Å². The smallest absolute Gasteiger partial charge is 0.251 e. The number of benzene rings is 1. The molecule has 2 aromatic rings. The van der Waals surface area contributed by atoms with E-state index in [-0.39, 0.29) is 29.9 Å². The van der Waals surface area contributed by atoms with Crippen LogP contribution in [0.3, 0.4) is 0 Å². The van der Waals surface area contributed by atoms with E-state index < -0.39 is 0 Å². The Morgan fingerprint density at radius 1 is 1.20 bits per heavy atom. The predicted molar refractivity (Wildman–Crippen MR) is 155 cm³/mol. The SMILES string of the molecule is C=CCC1CN(C2CCCC2)c2nc(Nc3ccc(C(=O)NC4CCC(O)CC4)cc3OC)ncc2N(C)C1=O. The van der Waals surface area contributed by atoms with E-state index in [2.05, 4.69) is 27.1 Å². The maximum absolute atomic E-state index is 13.3. The van der Waals surface area contributed by atoms with Crippen molar-refractivity contribution in [1.82, 2.24) is 15.3 Å². The number of fused-ring (bicyclic) bond motifs is 1. The highest BCUT2D eigenvalue weighted by Gasteiger charge is 2.36. The lowest BCUT2D eigenvalue weighted by atomic mass is 9.93. The molecule has 1 aromatic carbocycles. The molecule has 3 aliphatic rings. The number of hydrogen-bond donors (Lipinski definition) is 3. The largest absolute Gasteiger partial charge is 0.495 e. The quantitative estimate of drug-likeness (QED) is 0.421. The van der Waals surface area contributed by atoms with E-state index in [0.717, 1.165) is 31.5 Å². The van der Waals surface area contributed by atoms with Crippen LogP contribution in [0.25, 0.3) is 0 Å². The summed E-state index contributed by atoms with van der Waals surface area (Å²) in [6.07, 6.45) is 11.3. The van der Waals surface area contributed by atoms with Crippen LogP contribution < -0.4 is 25.2 Å². The van der Waals surface area contributed by atoms with E-state index in [0.29, 0.717) is 60.5 Å². The Morgan fingerprint density at radius 3 is 2.65 bits per heavy atom. The van der Waals surface area contributed by atoms with E-state index in [1.54, 1.807) is 43.5 Å². The number of allylic oxidation sites excluding steroid dienone is 1. The highest BCUT2D eigenvalue weighted by atomic mass is 16.5. The fourth-order valence-corrected chi connectivity index (χ4v) is 6.13. The third-order valence-electron chi connectivity index (χ3n) is 8.44. The Balaban J connectivity index is 1.38. The second-order valence-electron chi connectivity index (χ2n) is 11.1. The van der Waals surface area contributed by atoms with Crippen LogP contribution in [0.2, 0.25) is 0 Å². The first-order valence-corrected chi connectivity index (χ1v) is 14.3. The zero-order chi connectivity index (χ0) is 28.2. The molecule has 1 aliphatic heterocycles. The third kappa shape index (κ3) is 5.91. The van der Waals surface area contributed by atoms with Crippen molar-refractivity contribution >= 4 is 35.0 Å². The van der Waals surface area contributed by atoms with Gasteiger partial charge in [0.05, 0.1) is 31.0 Å². The summed E-state index contributed by atoms with van der Waals surface area (Å²) < 4.78 is 5.62. The molecule has 10 nitrogen and oxygen atoms in total. The van der Waals surface area contributed by atoms with Gasteiger partial charge < -0.3 is 30.3 Å². The Kier molecular flexibility index (Phi) is 8.54. The number of anilines is 4. The monoisotopic (exact) mass is 548 g/mol. The molecular formula is C30H40N6O4. The fourth-order valence-electron chi connectivity index (χ4n) is 6.13. The molecule has 0 spiro atoms. The van der Waals surface area contributed by atoms with Crippen LogP contribution in [0, 0.1) is 5.92 Å². The highest BCUT2D eigenvalue weighted by Crippen LogP contribution is 2.38. The minimum Gasteiger partial charge on any atom is -0.495 e. The number of amides is 2. The van der Waals surface area contributed by atoms with Gasteiger partial charge in [-0.3, -0.25) is 9.59 Å². The molecule has 0 bridgehead atoms. The minimum absolute atomic E-state index is 0.0471. The summed E-state index contributed by atoms with van der Waals surface area (Å²) in [4.78, 5) is 39.6. The number of hydrogen-bond acceptors (Lipinski definition) is 8. The van der Waals surface area contributed by atoms with Gasteiger partial charge in [0.1, 0.15) is 11.4 Å². The van der Waals surface area contributed by atoms with Gasteiger partial charge in [0.15, 0.2) is 5.82 Å². The van der Waals surface area contributed by atoms with Crippen LogP contribution in [0.1, 0.15) is 68.1 Å². The Labute approximate surface area is 235 Å². The van der Waals surface area contributed by atoms with Gasteiger partial charge in [-0.25, -0.2) is 4.98 Å². The van der Waals surface area contributed by atoms with Gasteiger partial charge in [0.25, 0.3) is 5.91 Å². The summed E-state index contributed by atoms with van der Waals surface area (Å²) in [7, 11) is 3.35. The lowest BCUT2D eigenvalue weighted by Gasteiger charge is -2.31. The van der Waals surface area contributed by atoms with E-state index in [1.807, 2.05) is 6.08 Å². The maximum atomic E-state index is 13.3. The Morgan fingerprint density at radius 2 is 1.95 bits per heavy atom. The number of nitrogens with zero attached hydrogens (tertiary/aromatic N) is 4. The molecule has 1 aromatic heterocycles. The lowest BCUT2D eigenvalue weighted by Crippen LogP contribution is -2.39. The number of nitrogens with one attached hydrogen (secondary N) is 2. The van der Waals surface area contributed by atoms with Crippen molar-refractivity contribution in [2.24, 2.45) is 5.92 Å². The number of aromatic nitrogens is 2. The Bertz CT molecular complexity index is 1240. The van der Waals surface area contributed by atoms with Gasteiger partial charge in [-0.15, -0.1) is 6.58 Å².